The molecule has 1 aliphatic heterocycles. The van der Waals surface area contributed by atoms with Gasteiger partial charge in [-0.1, -0.05) is 42.3 Å². The predicted octanol–water partition coefficient (Wildman–Crippen LogP) is 4.50. The SMILES string of the molecule is CCC(C)N(C(=O)Cc1ccc(Cl)cc1)C1CC(=O)N(c2ccc(Cl)cc2)C1=O. The highest BCUT2D eigenvalue weighted by Crippen LogP contribution is 2.29. The lowest BCUT2D eigenvalue weighted by Gasteiger charge is -2.33. The van der Waals surface area contributed by atoms with Gasteiger partial charge in [-0.3, -0.25) is 14.4 Å². The van der Waals surface area contributed by atoms with Crippen molar-refractivity contribution in [1.29, 1.82) is 0 Å². The van der Waals surface area contributed by atoms with E-state index < -0.39 is 6.04 Å². The first-order valence-corrected chi connectivity index (χ1v) is 10.3. The number of hydrogen-bond acceptors (Lipinski definition) is 3. The summed E-state index contributed by atoms with van der Waals surface area (Å²) in [5, 5.41) is 1.11. The molecule has 0 spiro atoms. The molecule has 1 fully saturated rings. The highest BCUT2D eigenvalue weighted by molar-refractivity contribution is 6.31. The van der Waals surface area contributed by atoms with Crippen LogP contribution in [0.1, 0.15) is 32.3 Å². The Bertz CT molecular complexity index is 913. The van der Waals surface area contributed by atoms with E-state index in [0.29, 0.717) is 22.2 Å². The third kappa shape index (κ3) is 4.62. The van der Waals surface area contributed by atoms with Crippen molar-refractivity contribution in [3.8, 4) is 0 Å². The number of hydrogen-bond donors (Lipinski definition) is 0. The van der Waals surface area contributed by atoms with Crippen molar-refractivity contribution < 1.29 is 14.4 Å². The molecule has 7 heteroatoms. The van der Waals surface area contributed by atoms with E-state index >= 15 is 0 Å². The van der Waals surface area contributed by atoms with Crippen molar-refractivity contribution in [2.75, 3.05) is 4.90 Å². The van der Waals surface area contributed by atoms with Crippen LogP contribution in [0, 0.1) is 0 Å². The Hall–Kier alpha value is -2.37. The van der Waals surface area contributed by atoms with E-state index in [1.54, 1.807) is 53.4 Å². The second kappa shape index (κ2) is 8.97. The van der Waals surface area contributed by atoms with Crippen LogP contribution in [0.4, 0.5) is 5.69 Å². The van der Waals surface area contributed by atoms with Crippen LogP contribution in [-0.2, 0) is 20.8 Å². The van der Waals surface area contributed by atoms with Crippen LogP contribution in [0.25, 0.3) is 0 Å². The molecule has 0 aromatic heterocycles. The third-order valence-electron chi connectivity index (χ3n) is 5.17. The minimum absolute atomic E-state index is 0.0296. The summed E-state index contributed by atoms with van der Waals surface area (Å²) in [5.74, 6) is -0.900. The summed E-state index contributed by atoms with van der Waals surface area (Å²) >= 11 is 11.8. The molecule has 3 rings (SSSR count). The molecule has 0 radical (unpaired) electrons. The molecule has 2 aromatic rings. The summed E-state index contributed by atoms with van der Waals surface area (Å²) in [4.78, 5) is 41.6. The summed E-state index contributed by atoms with van der Waals surface area (Å²) in [6.45, 7) is 3.84. The number of carbonyl (C=O) groups excluding carboxylic acids is 3. The average molecular weight is 433 g/mol. The first-order valence-electron chi connectivity index (χ1n) is 9.49. The Kier molecular flexibility index (Phi) is 6.60. The van der Waals surface area contributed by atoms with Crippen LogP contribution in [0.15, 0.2) is 48.5 Å². The number of amides is 3. The number of rotatable bonds is 6. The maximum absolute atomic E-state index is 13.1. The Morgan fingerprint density at radius 2 is 1.62 bits per heavy atom. The van der Waals surface area contributed by atoms with Crippen molar-refractivity contribution in [3.63, 3.8) is 0 Å². The number of carbonyl (C=O) groups is 3. The standard InChI is InChI=1S/C22H22Cl2N2O3/c1-3-14(2)25(20(27)12-15-4-6-16(23)7-5-15)19-13-21(28)26(22(19)29)18-10-8-17(24)9-11-18/h4-11,14,19H,3,12-13H2,1-2H3. The molecule has 0 aliphatic carbocycles. The second-order valence-electron chi connectivity index (χ2n) is 7.13. The topological polar surface area (TPSA) is 57.7 Å². The fourth-order valence-electron chi connectivity index (χ4n) is 3.49. The lowest BCUT2D eigenvalue weighted by molar-refractivity contribution is -0.140. The minimum atomic E-state index is -0.812. The molecular weight excluding hydrogens is 411 g/mol. The van der Waals surface area contributed by atoms with Gasteiger partial charge in [0.25, 0.3) is 5.91 Å². The predicted molar refractivity (Wildman–Crippen MR) is 114 cm³/mol. The number of benzene rings is 2. The molecule has 2 aromatic carbocycles. The molecule has 2 atom stereocenters. The van der Waals surface area contributed by atoms with Gasteiger partial charge < -0.3 is 4.90 Å². The maximum atomic E-state index is 13.1. The molecule has 3 amide bonds. The quantitative estimate of drug-likeness (QED) is 0.631. The number of halogens is 2. The minimum Gasteiger partial charge on any atom is -0.327 e. The molecular formula is C22H22Cl2N2O3. The van der Waals surface area contributed by atoms with Crippen LogP contribution >= 0.6 is 23.2 Å². The molecule has 152 valence electrons. The van der Waals surface area contributed by atoms with Gasteiger partial charge in [0.1, 0.15) is 6.04 Å². The molecule has 29 heavy (non-hydrogen) atoms. The third-order valence-corrected chi connectivity index (χ3v) is 5.67. The zero-order chi connectivity index (χ0) is 21.1. The van der Waals surface area contributed by atoms with Gasteiger partial charge in [0, 0.05) is 16.1 Å². The number of nitrogens with zero attached hydrogens (tertiary/aromatic N) is 2. The van der Waals surface area contributed by atoms with Gasteiger partial charge in [0.15, 0.2) is 0 Å². The van der Waals surface area contributed by atoms with Crippen molar-refractivity contribution in [3.05, 3.63) is 64.1 Å². The average Bonchev–Trinajstić information content (AvgIpc) is 2.98. The molecule has 0 N–H and O–H groups in total. The fourth-order valence-corrected chi connectivity index (χ4v) is 3.74. The van der Waals surface area contributed by atoms with E-state index in [2.05, 4.69) is 0 Å². The lowest BCUT2D eigenvalue weighted by Crippen LogP contribution is -2.50. The first-order chi connectivity index (χ1) is 13.8. The van der Waals surface area contributed by atoms with E-state index in [9.17, 15) is 14.4 Å². The monoisotopic (exact) mass is 432 g/mol. The van der Waals surface area contributed by atoms with E-state index in [-0.39, 0.29) is 36.6 Å². The molecule has 5 nitrogen and oxygen atoms in total. The Balaban J connectivity index is 1.85. The van der Waals surface area contributed by atoms with Crippen LogP contribution < -0.4 is 4.90 Å². The van der Waals surface area contributed by atoms with Gasteiger partial charge in [-0.25, -0.2) is 4.90 Å². The van der Waals surface area contributed by atoms with Crippen molar-refractivity contribution >= 4 is 46.6 Å². The van der Waals surface area contributed by atoms with Crippen LogP contribution in [-0.4, -0.2) is 34.7 Å². The normalized spacial score (nSPS) is 17.5. The Labute approximate surface area is 180 Å². The van der Waals surface area contributed by atoms with Crippen LogP contribution in [0.3, 0.4) is 0 Å². The Morgan fingerprint density at radius 3 is 2.17 bits per heavy atom. The van der Waals surface area contributed by atoms with Crippen LogP contribution in [0.5, 0.6) is 0 Å². The molecule has 2 unspecified atom stereocenters. The fraction of sp³-hybridized carbons (Fsp3) is 0.318. The zero-order valence-corrected chi connectivity index (χ0v) is 17.8. The molecule has 0 bridgehead atoms. The van der Waals surface area contributed by atoms with Gasteiger partial charge >= 0.3 is 0 Å². The summed E-state index contributed by atoms with van der Waals surface area (Å²) in [7, 11) is 0. The van der Waals surface area contributed by atoms with Crippen molar-refractivity contribution in [1.82, 2.24) is 4.90 Å². The maximum Gasteiger partial charge on any atom is 0.257 e. The summed E-state index contributed by atoms with van der Waals surface area (Å²) in [5.41, 5.74) is 1.26. The highest BCUT2D eigenvalue weighted by atomic mass is 35.5. The van der Waals surface area contributed by atoms with E-state index in [1.165, 1.54) is 0 Å². The summed E-state index contributed by atoms with van der Waals surface area (Å²) in [6, 6.07) is 12.6. The van der Waals surface area contributed by atoms with E-state index in [0.717, 1.165) is 10.5 Å². The first kappa shape index (κ1) is 21.3. The summed E-state index contributed by atoms with van der Waals surface area (Å²) < 4.78 is 0. The smallest absolute Gasteiger partial charge is 0.257 e. The zero-order valence-electron chi connectivity index (χ0n) is 16.3. The number of imide groups is 1. The van der Waals surface area contributed by atoms with Gasteiger partial charge in [-0.15, -0.1) is 0 Å². The van der Waals surface area contributed by atoms with Gasteiger partial charge in [0.2, 0.25) is 11.8 Å². The van der Waals surface area contributed by atoms with Crippen LogP contribution in [0.2, 0.25) is 10.0 Å². The Morgan fingerprint density at radius 1 is 1.07 bits per heavy atom. The summed E-state index contributed by atoms with van der Waals surface area (Å²) in [6.07, 6.45) is 0.782. The van der Waals surface area contributed by atoms with Gasteiger partial charge in [0.05, 0.1) is 18.5 Å². The lowest BCUT2D eigenvalue weighted by atomic mass is 10.1. The molecule has 1 saturated heterocycles. The molecule has 1 aliphatic rings. The largest absolute Gasteiger partial charge is 0.327 e. The van der Waals surface area contributed by atoms with Crippen molar-refractivity contribution in [2.24, 2.45) is 0 Å². The van der Waals surface area contributed by atoms with Gasteiger partial charge in [-0.05, 0) is 55.3 Å². The molecule has 1 heterocycles. The van der Waals surface area contributed by atoms with Crippen molar-refractivity contribution in [2.45, 2.75) is 45.2 Å². The highest BCUT2D eigenvalue weighted by Gasteiger charge is 2.45. The van der Waals surface area contributed by atoms with Gasteiger partial charge in [-0.2, -0.15) is 0 Å². The second-order valence-corrected chi connectivity index (χ2v) is 8.00. The van der Waals surface area contributed by atoms with E-state index in [1.807, 2.05) is 13.8 Å². The molecule has 0 saturated carbocycles. The number of anilines is 1. The van der Waals surface area contributed by atoms with E-state index in [4.69, 9.17) is 23.2 Å².